The Kier molecular flexibility index (Phi) is 5.98. The fourth-order valence-electron chi connectivity index (χ4n) is 4.53. The molecule has 0 N–H and O–H groups in total. The number of likely N-dealkylation sites (tertiary alicyclic amines) is 1. The van der Waals surface area contributed by atoms with Crippen molar-refractivity contribution in [1.29, 1.82) is 0 Å². The molecule has 2 heterocycles. The maximum atomic E-state index is 12.8. The first-order valence-electron chi connectivity index (χ1n) is 11.3. The molecule has 1 atom stereocenters. The highest BCUT2D eigenvalue weighted by Crippen LogP contribution is 2.31. The molecule has 3 aromatic carbocycles. The molecule has 5 rings (SSSR count). The molecule has 0 saturated carbocycles. The Morgan fingerprint density at radius 2 is 1.67 bits per heavy atom. The monoisotopic (exact) mass is 441 g/mol. The van der Waals surface area contributed by atoms with Gasteiger partial charge in [-0.15, -0.1) is 0 Å². The van der Waals surface area contributed by atoms with E-state index in [0.29, 0.717) is 38.4 Å². The van der Waals surface area contributed by atoms with Crippen LogP contribution in [0.25, 0.3) is 11.0 Å². The average Bonchev–Trinajstić information content (AvgIpc) is 3.40. The van der Waals surface area contributed by atoms with E-state index in [4.69, 9.17) is 14.5 Å². The molecule has 168 valence electrons. The van der Waals surface area contributed by atoms with Crippen molar-refractivity contribution in [2.75, 3.05) is 20.3 Å². The van der Waals surface area contributed by atoms with Crippen molar-refractivity contribution in [2.24, 2.45) is 0 Å². The number of hydrogen-bond donors (Lipinski definition) is 0. The minimum absolute atomic E-state index is 0.0554. The Morgan fingerprint density at radius 1 is 0.939 bits per heavy atom. The van der Waals surface area contributed by atoms with Gasteiger partial charge in [0.05, 0.1) is 24.7 Å². The minimum Gasteiger partial charge on any atom is -0.493 e. The summed E-state index contributed by atoms with van der Waals surface area (Å²) in [5.41, 5.74) is 3.15. The van der Waals surface area contributed by atoms with E-state index in [0.717, 1.165) is 28.2 Å². The highest BCUT2D eigenvalue weighted by Gasteiger charge is 2.34. The van der Waals surface area contributed by atoms with Crippen molar-refractivity contribution in [1.82, 2.24) is 14.5 Å². The van der Waals surface area contributed by atoms with E-state index in [9.17, 15) is 4.79 Å². The lowest BCUT2D eigenvalue weighted by Gasteiger charge is -2.18. The van der Waals surface area contributed by atoms with Crippen LogP contribution in [0.4, 0.5) is 0 Å². The van der Waals surface area contributed by atoms with Gasteiger partial charge in [-0.05, 0) is 29.8 Å². The Bertz CT molecular complexity index is 1250. The predicted octanol–water partition coefficient (Wildman–Crippen LogP) is 4.64. The van der Waals surface area contributed by atoms with Crippen molar-refractivity contribution < 1.29 is 14.3 Å². The lowest BCUT2D eigenvalue weighted by molar-refractivity contribution is -0.128. The third-order valence-electron chi connectivity index (χ3n) is 6.12. The molecular weight excluding hydrogens is 414 g/mol. The number of hydrogen-bond acceptors (Lipinski definition) is 4. The highest BCUT2D eigenvalue weighted by atomic mass is 16.5. The summed E-state index contributed by atoms with van der Waals surface area (Å²) in [4.78, 5) is 19.7. The number of rotatable bonds is 8. The summed E-state index contributed by atoms with van der Waals surface area (Å²) in [7, 11) is 1.64. The molecule has 4 aromatic rings. The second-order valence-electron chi connectivity index (χ2n) is 8.27. The van der Waals surface area contributed by atoms with Crippen LogP contribution in [0.2, 0.25) is 0 Å². The molecule has 33 heavy (non-hydrogen) atoms. The number of para-hydroxylation sites is 4. The maximum absolute atomic E-state index is 12.8. The number of aromatic nitrogens is 2. The number of fused-ring (bicyclic) bond motifs is 1. The lowest BCUT2D eigenvalue weighted by atomic mass is 10.1. The second-order valence-corrected chi connectivity index (χ2v) is 8.27. The summed E-state index contributed by atoms with van der Waals surface area (Å²) in [5.74, 6) is 2.61. The fourth-order valence-corrected chi connectivity index (χ4v) is 4.53. The predicted molar refractivity (Wildman–Crippen MR) is 127 cm³/mol. The van der Waals surface area contributed by atoms with Crippen LogP contribution in [-0.2, 0) is 17.9 Å². The van der Waals surface area contributed by atoms with Crippen molar-refractivity contribution in [2.45, 2.75) is 25.4 Å². The third kappa shape index (κ3) is 4.42. The van der Waals surface area contributed by atoms with E-state index in [-0.39, 0.29) is 11.8 Å². The molecule has 0 bridgehead atoms. The fraction of sp³-hybridized carbons (Fsp3) is 0.259. The number of methoxy groups -OCH3 is 1. The van der Waals surface area contributed by atoms with Gasteiger partial charge in [-0.25, -0.2) is 4.98 Å². The van der Waals surface area contributed by atoms with Gasteiger partial charge in [0.2, 0.25) is 5.91 Å². The summed E-state index contributed by atoms with van der Waals surface area (Å²) < 4.78 is 13.6. The third-order valence-corrected chi connectivity index (χ3v) is 6.12. The van der Waals surface area contributed by atoms with Crippen LogP contribution in [0.3, 0.4) is 0 Å². The zero-order valence-corrected chi connectivity index (χ0v) is 18.7. The van der Waals surface area contributed by atoms with Gasteiger partial charge in [-0.2, -0.15) is 0 Å². The molecule has 0 radical (unpaired) electrons. The number of carbonyl (C=O) groups is 1. The van der Waals surface area contributed by atoms with Gasteiger partial charge in [-0.3, -0.25) is 4.79 Å². The Balaban J connectivity index is 1.36. The molecule has 1 saturated heterocycles. The summed E-state index contributed by atoms with van der Waals surface area (Å²) in [6.07, 6.45) is 0.476. The summed E-state index contributed by atoms with van der Waals surface area (Å²) in [6.45, 7) is 2.41. The number of carbonyl (C=O) groups excluding carboxylic acids is 1. The van der Waals surface area contributed by atoms with Crippen molar-refractivity contribution in [3.8, 4) is 11.5 Å². The van der Waals surface area contributed by atoms with E-state index in [2.05, 4.69) is 22.8 Å². The molecule has 0 spiro atoms. The van der Waals surface area contributed by atoms with Crippen LogP contribution in [0.5, 0.6) is 11.5 Å². The molecule has 0 aliphatic carbocycles. The molecular formula is C27H27N3O3. The van der Waals surface area contributed by atoms with Gasteiger partial charge in [0.1, 0.15) is 12.4 Å². The normalized spacial score (nSPS) is 15.8. The van der Waals surface area contributed by atoms with Gasteiger partial charge < -0.3 is 18.9 Å². The summed E-state index contributed by atoms with van der Waals surface area (Å²) >= 11 is 0. The summed E-state index contributed by atoms with van der Waals surface area (Å²) in [5, 5.41) is 0. The zero-order chi connectivity index (χ0) is 22.6. The van der Waals surface area contributed by atoms with E-state index in [1.807, 2.05) is 65.6 Å². The van der Waals surface area contributed by atoms with Crippen LogP contribution in [0, 0.1) is 0 Å². The van der Waals surface area contributed by atoms with E-state index < -0.39 is 0 Å². The van der Waals surface area contributed by atoms with Crippen LogP contribution in [0.15, 0.2) is 78.9 Å². The smallest absolute Gasteiger partial charge is 0.223 e. The number of ether oxygens (including phenoxy) is 2. The number of nitrogens with zero attached hydrogens (tertiary/aromatic N) is 3. The number of amides is 1. The number of imidazole rings is 1. The van der Waals surface area contributed by atoms with Gasteiger partial charge in [-0.1, -0.05) is 54.6 Å². The molecule has 1 aromatic heterocycles. The van der Waals surface area contributed by atoms with Crippen molar-refractivity contribution >= 4 is 16.9 Å². The van der Waals surface area contributed by atoms with Crippen molar-refractivity contribution in [3.05, 3.63) is 90.3 Å². The quantitative estimate of drug-likeness (QED) is 0.400. The maximum Gasteiger partial charge on any atom is 0.223 e. The van der Waals surface area contributed by atoms with Crippen LogP contribution in [0.1, 0.15) is 23.7 Å². The van der Waals surface area contributed by atoms with Crippen LogP contribution >= 0.6 is 0 Å². The van der Waals surface area contributed by atoms with Gasteiger partial charge in [0, 0.05) is 25.4 Å². The Morgan fingerprint density at radius 3 is 2.48 bits per heavy atom. The minimum atomic E-state index is 0.0554. The number of benzene rings is 3. The first-order chi connectivity index (χ1) is 16.2. The van der Waals surface area contributed by atoms with Gasteiger partial charge in [0.25, 0.3) is 0 Å². The second kappa shape index (κ2) is 9.36. The first kappa shape index (κ1) is 21.1. The van der Waals surface area contributed by atoms with Crippen molar-refractivity contribution in [3.63, 3.8) is 0 Å². The SMILES string of the molecule is COc1ccccc1OCCn1c([C@@H]2CC(=O)N(Cc3ccccc3)C2)nc2ccccc21. The zero-order valence-electron chi connectivity index (χ0n) is 18.7. The molecule has 6 heteroatoms. The van der Waals surface area contributed by atoms with Crippen LogP contribution < -0.4 is 9.47 Å². The lowest BCUT2D eigenvalue weighted by Crippen LogP contribution is -2.24. The molecule has 1 aliphatic rings. The summed E-state index contributed by atoms with van der Waals surface area (Å²) in [6, 6.07) is 25.9. The van der Waals surface area contributed by atoms with Gasteiger partial charge in [0.15, 0.2) is 11.5 Å². The molecule has 6 nitrogen and oxygen atoms in total. The largest absolute Gasteiger partial charge is 0.493 e. The standard InChI is InChI=1S/C27H27N3O3/c1-32-24-13-7-8-14-25(24)33-16-15-30-23-12-6-5-11-22(23)28-27(30)21-17-26(31)29(19-21)18-20-9-3-2-4-10-20/h2-14,21H,15-19H2,1H3/t21-/m1/s1. The Labute approximate surface area is 193 Å². The van der Waals surface area contributed by atoms with Gasteiger partial charge >= 0.3 is 0 Å². The first-order valence-corrected chi connectivity index (χ1v) is 11.3. The molecule has 1 fully saturated rings. The van der Waals surface area contributed by atoms with Crippen LogP contribution in [-0.4, -0.2) is 40.6 Å². The van der Waals surface area contributed by atoms with E-state index >= 15 is 0 Å². The highest BCUT2D eigenvalue weighted by molar-refractivity contribution is 5.81. The average molecular weight is 442 g/mol. The van der Waals surface area contributed by atoms with E-state index in [1.54, 1.807) is 7.11 Å². The molecule has 0 unspecified atom stereocenters. The topological polar surface area (TPSA) is 56.6 Å². The van der Waals surface area contributed by atoms with E-state index in [1.165, 1.54) is 0 Å². The Hall–Kier alpha value is -3.80. The molecule has 1 aliphatic heterocycles. The molecule has 1 amide bonds.